The summed E-state index contributed by atoms with van der Waals surface area (Å²) in [6.07, 6.45) is 9.16. The van der Waals surface area contributed by atoms with Crippen molar-refractivity contribution >= 4 is 17.6 Å². The Hall–Kier alpha value is -2.15. The molecule has 0 atom stereocenters. The maximum atomic E-state index is 4.56. The number of aromatic amines is 1. The summed E-state index contributed by atoms with van der Waals surface area (Å²) in [5.41, 5.74) is 1.23. The summed E-state index contributed by atoms with van der Waals surface area (Å²) in [6, 6.07) is 4.43. The molecule has 1 saturated carbocycles. The quantitative estimate of drug-likeness (QED) is 0.675. The fourth-order valence-corrected chi connectivity index (χ4v) is 3.62. The highest BCUT2D eigenvalue weighted by molar-refractivity contribution is 5.53. The van der Waals surface area contributed by atoms with Crippen LogP contribution < -0.4 is 16.0 Å². The molecule has 128 valence electrons. The number of anilines is 3. The molecule has 0 radical (unpaired) electrons. The van der Waals surface area contributed by atoms with Crippen LogP contribution in [0.2, 0.25) is 0 Å². The zero-order valence-corrected chi connectivity index (χ0v) is 13.9. The van der Waals surface area contributed by atoms with Gasteiger partial charge in [0.15, 0.2) is 5.82 Å². The van der Waals surface area contributed by atoms with E-state index in [1.807, 2.05) is 6.07 Å². The molecule has 1 aliphatic carbocycles. The van der Waals surface area contributed by atoms with Gasteiger partial charge in [0, 0.05) is 29.9 Å². The predicted molar refractivity (Wildman–Crippen MR) is 94.6 cm³/mol. The highest BCUT2D eigenvalue weighted by Gasteiger charge is 2.19. The normalized spacial score (nSPS) is 19.5. The van der Waals surface area contributed by atoms with Crippen LogP contribution in [0, 0.1) is 0 Å². The lowest BCUT2D eigenvalue weighted by Gasteiger charge is -2.23. The number of piperidine rings is 1. The summed E-state index contributed by atoms with van der Waals surface area (Å²) >= 11 is 0. The van der Waals surface area contributed by atoms with Crippen LogP contribution in [-0.2, 0) is 0 Å². The molecule has 2 fully saturated rings. The molecule has 7 nitrogen and oxygen atoms in total. The van der Waals surface area contributed by atoms with Crippen molar-refractivity contribution < 1.29 is 0 Å². The average Bonchev–Trinajstić information content (AvgIpc) is 3.27. The van der Waals surface area contributed by atoms with Crippen molar-refractivity contribution in [3.8, 4) is 0 Å². The molecule has 24 heavy (non-hydrogen) atoms. The lowest BCUT2D eigenvalue weighted by molar-refractivity contribution is 0.477. The summed E-state index contributed by atoms with van der Waals surface area (Å²) in [4.78, 5) is 8.89. The maximum Gasteiger partial charge on any atom is 0.224 e. The van der Waals surface area contributed by atoms with Gasteiger partial charge in [-0.15, -0.1) is 0 Å². The summed E-state index contributed by atoms with van der Waals surface area (Å²) in [7, 11) is 0. The molecule has 2 aromatic rings. The van der Waals surface area contributed by atoms with Crippen LogP contribution in [-0.4, -0.2) is 39.3 Å². The smallest absolute Gasteiger partial charge is 0.224 e. The number of hydrogen-bond donors (Lipinski definition) is 4. The van der Waals surface area contributed by atoms with Crippen molar-refractivity contribution in [1.29, 1.82) is 0 Å². The van der Waals surface area contributed by atoms with Crippen LogP contribution in [0.25, 0.3) is 0 Å². The zero-order valence-electron chi connectivity index (χ0n) is 13.9. The number of nitrogens with zero attached hydrogens (tertiary/aromatic N) is 3. The minimum absolute atomic E-state index is 0.445. The van der Waals surface area contributed by atoms with Crippen LogP contribution in [0.4, 0.5) is 17.6 Å². The van der Waals surface area contributed by atoms with E-state index in [1.54, 1.807) is 6.20 Å². The lowest BCUT2D eigenvalue weighted by Crippen LogP contribution is -2.35. The third-order valence-electron chi connectivity index (χ3n) is 4.98. The van der Waals surface area contributed by atoms with E-state index in [9.17, 15) is 0 Å². The Morgan fingerprint density at radius 3 is 2.71 bits per heavy atom. The largest absolute Gasteiger partial charge is 0.351 e. The molecule has 4 rings (SSSR count). The first-order valence-electron chi connectivity index (χ1n) is 8.99. The molecule has 2 aromatic heterocycles. The van der Waals surface area contributed by atoms with Gasteiger partial charge in [0.2, 0.25) is 5.95 Å². The SMILES string of the molecule is c1cc(Nc2cc(C3CCCC3)[nH]n2)nc(NC2CCNCC2)n1. The van der Waals surface area contributed by atoms with E-state index < -0.39 is 0 Å². The summed E-state index contributed by atoms with van der Waals surface area (Å²) in [6.45, 7) is 2.10. The van der Waals surface area contributed by atoms with Crippen LogP contribution in [0.3, 0.4) is 0 Å². The Morgan fingerprint density at radius 2 is 1.88 bits per heavy atom. The summed E-state index contributed by atoms with van der Waals surface area (Å²) in [5.74, 6) is 2.91. The van der Waals surface area contributed by atoms with Gasteiger partial charge in [-0.25, -0.2) is 4.98 Å². The first kappa shape index (κ1) is 15.4. The summed E-state index contributed by atoms with van der Waals surface area (Å²) in [5, 5.41) is 17.6. The lowest BCUT2D eigenvalue weighted by atomic mass is 10.0. The molecule has 1 saturated heterocycles. The van der Waals surface area contributed by atoms with E-state index >= 15 is 0 Å². The topological polar surface area (TPSA) is 90.5 Å². The van der Waals surface area contributed by atoms with Crippen molar-refractivity contribution in [2.75, 3.05) is 23.7 Å². The average molecular weight is 327 g/mol. The Morgan fingerprint density at radius 1 is 1.04 bits per heavy atom. The molecule has 1 aliphatic heterocycles. The van der Waals surface area contributed by atoms with Gasteiger partial charge in [0.05, 0.1) is 0 Å². The van der Waals surface area contributed by atoms with Gasteiger partial charge in [-0.3, -0.25) is 5.10 Å². The van der Waals surface area contributed by atoms with Gasteiger partial charge in [-0.1, -0.05) is 12.8 Å². The standard InChI is InChI=1S/C17H25N7/c1-2-4-12(3-1)14-11-16(24-23-14)21-15-7-10-19-17(22-15)20-13-5-8-18-9-6-13/h7,10-13,18H,1-6,8-9H2,(H3,19,20,21,22,23,24). The predicted octanol–water partition coefficient (Wildman–Crippen LogP) is 2.76. The molecule has 7 heteroatoms. The maximum absolute atomic E-state index is 4.56. The Labute approximate surface area is 142 Å². The minimum atomic E-state index is 0.445. The Bertz CT molecular complexity index is 656. The molecule has 0 bridgehead atoms. The molecule has 0 spiro atoms. The van der Waals surface area contributed by atoms with Crippen molar-refractivity contribution in [2.24, 2.45) is 0 Å². The van der Waals surface area contributed by atoms with Crippen molar-refractivity contribution in [1.82, 2.24) is 25.5 Å². The highest BCUT2D eigenvalue weighted by Crippen LogP contribution is 2.33. The van der Waals surface area contributed by atoms with Crippen LogP contribution in [0.15, 0.2) is 18.3 Å². The fraction of sp³-hybridized carbons (Fsp3) is 0.588. The molecule has 0 aromatic carbocycles. The van der Waals surface area contributed by atoms with E-state index in [0.29, 0.717) is 17.9 Å². The second-order valence-corrected chi connectivity index (χ2v) is 6.75. The third-order valence-corrected chi connectivity index (χ3v) is 4.98. The molecule has 0 amide bonds. The minimum Gasteiger partial charge on any atom is -0.351 e. The van der Waals surface area contributed by atoms with Crippen molar-refractivity contribution in [2.45, 2.75) is 50.5 Å². The van der Waals surface area contributed by atoms with E-state index in [4.69, 9.17) is 0 Å². The number of rotatable bonds is 5. The van der Waals surface area contributed by atoms with Crippen LogP contribution in [0.1, 0.15) is 50.1 Å². The second-order valence-electron chi connectivity index (χ2n) is 6.75. The molecule has 0 unspecified atom stereocenters. The Balaban J connectivity index is 1.40. The van der Waals surface area contributed by atoms with E-state index in [-0.39, 0.29) is 0 Å². The highest BCUT2D eigenvalue weighted by atomic mass is 15.2. The van der Waals surface area contributed by atoms with E-state index in [0.717, 1.165) is 37.6 Å². The molecular formula is C17H25N7. The van der Waals surface area contributed by atoms with Crippen LogP contribution in [0.5, 0.6) is 0 Å². The number of hydrogen-bond acceptors (Lipinski definition) is 6. The Kier molecular flexibility index (Phi) is 4.60. The van der Waals surface area contributed by atoms with Gasteiger partial charge in [-0.05, 0) is 44.8 Å². The second kappa shape index (κ2) is 7.17. The number of nitrogens with one attached hydrogen (secondary N) is 4. The van der Waals surface area contributed by atoms with Gasteiger partial charge < -0.3 is 16.0 Å². The van der Waals surface area contributed by atoms with Crippen LogP contribution >= 0.6 is 0 Å². The number of aromatic nitrogens is 4. The molecule has 2 aliphatic rings. The van der Waals surface area contributed by atoms with Gasteiger partial charge in [0.25, 0.3) is 0 Å². The van der Waals surface area contributed by atoms with Gasteiger partial charge >= 0.3 is 0 Å². The van der Waals surface area contributed by atoms with E-state index in [2.05, 4.69) is 42.2 Å². The monoisotopic (exact) mass is 327 g/mol. The molecule has 3 heterocycles. The molecule has 4 N–H and O–H groups in total. The van der Waals surface area contributed by atoms with Crippen molar-refractivity contribution in [3.63, 3.8) is 0 Å². The van der Waals surface area contributed by atoms with Crippen molar-refractivity contribution in [3.05, 3.63) is 24.0 Å². The molecular weight excluding hydrogens is 302 g/mol. The van der Waals surface area contributed by atoms with E-state index in [1.165, 1.54) is 31.4 Å². The first-order chi connectivity index (χ1) is 11.9. The zero-order chi connectivity index (χ0) is 16.2. The fourth-order valence-electron chi connectivity index (χ4n) is 3.62. The summed E-state index contributed by atoms with van der Waals surface area (Å²) < 4.78 is 0. The number of H-pyrrole nitrogens is 1. The first-order valence-corrected chi connectivity index (χ1v) is 8.99. The van der Waals surface area contributed by atoms with Gasteiger partial charge in [-0.2, -0.15) is 10.1 Å². The van der Waals surface area contributed by atoms with Gasteiger partial charge in [0.1, 0.15) is 5.82 Å². The third kappa shape index (κ3) is 3.67.